The fourth-order valence-electron chi connectivity index (χ4n) is 1.86. The van der Waals surface area contributed by atoms with E-state index in [2.05, 4.69) is 42.9 Å². The average molecular weight is 409 g/mol. The fourth-order valence-corrected chi connectivity index (χ4v) is 3.03. The number of hydrogen-bond acceptors (Lipinski definition) is 6. The minimum atomic E-state index is 0.549. The molecular weight excluding hydrogens is 397 g/mol. The van der Waals surface area contributed by atoms with Gasteiger partial charge >= 0.3 is 0 Å². The van der Waals surface area contributed by atoms with Crippen molar-refractivity contribution in [2.24, 2.45) is 0 Å². The molecule has 0 aliphatic rings. The molecule has 0 atom stereocenters. The van der Waals surface area contributed by atoms with E-state index in [-0.39, 0.29) is 0 Å². The van der Waals surface area contributed by atoms with Gasteiger partial charge in [0.2, 0.25) is 5.95 Å². The third-order valence-corrected chi connectivity index (χ3v) is 4.53. The lowest BCUT2D eigenvalue weighted by Gasteiger charge is -2.06. The summed E-state index contributed by atoms with van der Waals surface area (Å²) >= 11 is 3.70. The van der Waals surface area contributed by atoms with Crippen LogP contribution in [0.15, 0.2) is 36.5 Å². The van der Waals surface area contributed by atoms with Crippen LogP contribution >= 0.6 is 33.9 Å². The van der Waals surface area contributed by atoms with Crippen molar-refractivity contribution in [2.45, 2.75) is 6.92 Å². The summed E-state index contributed by atoms with van der Waals surface area (Å²) in [6.45, 7) is 1.93. The molecule has 0 saturated heterocycles. The molecule has 0 unspecified atom stereocenters. The predicted octanol–water partition coefficient (Wildman–Crippen LogP) is 3.84. The van der Waals surface area contributed by atoms with Gasteiger partial charge in [-0.1, -0.05) is 11.3 Å². The SMILES string of the molecule is Cc1nc(N)sc1-c1ccnc(Nc2ccc(I)cc2)n1. The molecule has 0 bridgehead atoms. The summed E-state index contributed by atoms with van der Waals surface area (Å²) in [5, 5.41) is 3.74. The molecule has 0 fully saturated rings. The van der Waals surface area contributed by atoms with Crippen LogP contribution in [0.3, 0.4) is 0 Å². The quantitative estimate of drug-likeness (QED) is 0.643. The summed E-state index contributed by atoms with van der Waals surface area (Å²) in [5.41, 5.74) is 8.40. The molecule has 3 rings (SSSR count). The average Bonchev–Trinajstić information content (AvgIpc) is 2.81. The van der Waals surface area contributed by atoms with Crippen LogP contribution in [-0.2, 0) is 0 Å². The zero-order valence-electron chi connectivity index (χ0n) is 11.2. The zero-order chi connectivity index (χ0) is 14.8. The molecule has 5 nitrogen and oxygen atoms in total. The maximum absolute atomic E-state index is 5.74. The highest BCUT2D eigenvalue weighted by Gasteiger charge is 2.10. The molecule has 0 aliphatic carbocycles. The van der Waals surface area contributed by atoms with Gasteiger partial charge in [0.15, 0.2) is 5.13 Å². The van der Waals surface area contributed by atoms with Gasteiger partial charge in [-0.2, -0.15) is 0 Å². The van der Waals surface area contributed by atoms with Crippen molar-refractivity contribution in [3.05, 3.63) is 45.8 Å². The lowest BCUT2D eigenvalue weighted by Crippen LogP contribution is -1.97. The molecule has 3 N–H and O–H groups in total. The Morgan fingerprint density at radius 2 is 1.90 bits per heavy atom. The number of nitrogens with one attached hydrogen (secondary N) is 1. The highest BCUT2D eigenvalue weighted by Crippen LogP contribution is 2.30. The topological polar surface area (TPSA) is 76.7 Å². The Kier molecular flexibility index (Phi) is 4.02. The van der Waals surface area contributed by atoms with Crippen LogP contribution in [-0.4, -0.2) is 15.0 Å². The summed E-state index contributed by atoms with van der Waals surface area (Å²) in [6, 6.07) is 9.90. The van der Waals surface area contributed by atoms with Crippen molar-refractivity contribution >= 4 is 50.7 Å². The van der Waals surface area contributed by atoms with E-state index in [1.54, 1.807) is 6.20 Å². The van der Waals surface area contributed by atoms with Crippen molar-refractivity contribution in [2.75, 3.05) is 11.1 Å². The van der Waals surface area contributed by atoms with Gasteiger partial charge in [-0.15, -0.1) is 0 Å². The Hall–Kier alpha value is -1.74. The number of nitrogen functional groups attached to an aromatic ring is 1. The second-order valence-electron chi connectivity index (χ2n) is 4.36. The Labute approximate surface area is 139 Å². The summed E-state index contributed by atoms with van der Waals surface area (Å²) < 4.78 is 1.18. The van der Waals surface area contributed by atoms with Crippen molar-refractivity contribution in [3.8, 4) is 10.6 Å². The maximum atomic E-state index is 5.74. The molecule has 3 aromatic rings. The van der Waals surface area contributed by atoms with E-state index in [1.807, 2.05) is 37.3 Å². The number of nitrogens with zero attached hydrogens (tertiary/aromatic N) is 3. The van der Waals surface area contributed by atoms with Gasteiger partial charge in [0.25, 0.3) is 0 Å². The summed E-state index contributed by atoms with van der Waals surface area (Å²) in [4.78, 5) is 14.0. The Morgan fingerprint density at radius 1 is 1.14 bits per heavy atom. The van der Waals surface area contributed by atoms with E-state index in [1.165, 1.54) is 14.9 Å². The number of aromatic nitrogens is 3. The zero-order valence-corrected chi connectivity index (χ0v) is 14.1. The molecular formula is C14H12IN5S. The number of aryl methyl sites for hydroxylation is 1. The first-order valence-electron chi connectivity index (χ1n) is 6.21. The van der Waals surface area contributed by atoms with Gasteiger partial charge in [0.05, 0.1) is 16.3 Å². The fraction of sp³-hybridized carbons (Fsp3) is 0.0714. The van der Waals surface area contributed by atoms with Crippen LogP contribution < -0.4 is 11.1 Å². The normalized spacial score (nSPS) is 10.6. The number of nitrogens with two attached hydrogens (primary N) is 1. The largest absolute Gasteiger partial charge is 0.375 e. The van der Waals surface area contributed by atoms with Gasteiger partial charge < -0.3 is 11.1 Å². The van der Waals surface area contributed by atoms with E-state index in [0.717, 1.165) is 22.0 Å². The van der Waals surface area contributed by atoms with E-state index in [4.69, 9.17) is 5.73 Å². The molecule has 21 heavy (non-hydrogen) atoms. The van der Waals surface area contributed by atoms with Crippen molar-refractivity contribution in [1.29, 1.82) is 0 Å². The molecule has 7 heteroatoms. The number of anilines is 3. The Bertz CT molecular complexity index is 769. The van der Waals surface area contributed by atoms with Crippen LogP contribution in [0, 0.1) is 10.5 Å². The lowest BCUT2D eigenvalue weighted by molar-refractivity contribution is 1.16. The maximum Gasteiger partial charge on any atom is 0.227 e. The van der Waals surface area contributed by atoms with Gasteiger partial charge in [-0.25, -0.2) is 15.0 Å². The lowest BCUT2D eigenvalue weighted by atomic mass is 10.3. The monoisotopic (exact) mass is 409 g/mol. The third-order valence-electron chi connectivity index (χ3n) is 2.80. The van der Waals surface area contributed by atoms with Crippen LogP contribution in [0.5, 0.6) is 0 Å². The van der Waals surface area contributed by atoms with Crippen LogP contribution in [0.25, 0.3) is 10.6 Å². The molecule has 2 aromatic heterocycles. The minimum absolute atomic E-state index is 0.549. The smallest absolute Gasteiger partial charge is 0.227 e. The molecule has 106 valence electrons. The van der Waals surface area contributed by atoms with E-state index >= 15 is 0 Å². The number of hydrogen-bond donors (Lipinski definition) is 2. The summed E-state index contributed by atoms with van der Waals surface area (Å²) in [7, 11) is 0. The minimum Gasteiger partial charge on any atom is -0.375 e. The molecule has 0 radical (unpaired) electrons. The highest BCUT2D eigenvalue weighted by molar-refractivity contribution is 14.1. The van der Waals surface area contributed by atoms with Gasteiger partial charge in [-0.3, -0.25) is 0 Å². The van der Waals surface area contributed by atoms with E-state index < -0.39 is 0 Å². The Balaban J connectivity index is 1.89. The summed E-state index contributed by atoms with van der Waals surface area (Å²) in [5.74, 6) is 0.556. The number of benzene rings is 1. The van der Waals surface area contributed by atoms with Gasteiger partial charge in [0.1, 0.15) is 0 Å². The number of halogens is 1. The van der Waals surface area contributed by atoms with Crippen LogP contribution in [0.4, 0.5) is 16.8 Å². The first-order valence-corrected chi connectivity index (χ1v) is 8.10. The Morgan fingerprint density at radius 3 is 2.57 bits per heavy atom. The second-order valence-corrected chi connectivity index (χ2v) is 6.64. The number of thiazole rings is 1. The van der Waals surface area contributed by atoms with Gasteiger partial charge in [0, 0.05) is 15.5 Å². The van der Waals surface area contributed by atoms with Crippen LogP contribution in [0.2, 0.25) is 0 Å². The van der Waals surface area contributed by atoms with E-state index in [9.17, 15) is 0 Å². The highest BCUT2D eigenvalue weighted by atomic mass is 127. The standard InChI is InChI=1S/C14H12IN5S/c1-8-12(21-13(16)18-8)11-6-7-17-14(20-11)19-10-4-2-9(15)3-5-10/h2-7H,1H3,(H2,16,18)(H,17,19,20). The summed E-state index contributed by atoms with van der Waals surface area (Å²) in [6.07, 6.45) is 1.73. The predicted molar refractivity (Wildman–Crippen MR) is 94.7 cm³/mol. The molecule has 0 amide bonds. The first-order chi connectivity index (χ1) is 10.1. The number of rotatable bonds is 3. The molecule has 2 heterocycles. The molecule has 0 spiro atoms. The first kappa shape index (κ1) is 14.2. The second kappa shape index (κ2) is 5.94. The van der Waals surface area contributed by atoms with Crippen molar-refractivity contribution in [1.82, 2.24) is 15.0 Å². The molecule has 1 aromatic carbocycles. The molecule has 0 saturated carbocycles. The van der Waals surface area contributed by atoms with Crippen LogP contribution in [0.1, 0.15) is 5.69 Å². The van der Waals surface area contributed by atoms with Gasteiger partial charge in [-0.05, 0) is 59.8 Å². The third kappa shape index (κ3) is 3.30. The van der Waals surface area contributed by atoms with E-state index in [0.29, 0.717) is 11.1 Å². The van der Waals surface area contributed by atoms with Crippen molar-refractivity contribution in [3.63, 3.8) is 0 Å². The van der Waals surface area contributed by atoms with Crippen molar-refractivity contribution < 1.29 is 0 Å². The molecule has 0 aliphatic heterocycles.